The highest BCUT2D eigenvalue weighted by molar-refractivity contribution is 7.98. The first-order chi connectivity index (χ1) is 17.6. The van der Waals surface area contributed by atoms with Crippen LogP contribution in [-0.4, -0.2) is 44.4 Å². The number of para-hydroxylation sites is 2. The van der Waals surface area contributed by atoms with Crippen molar-refractivity contribution in [1.29, 1.82) is 0 Å². The number of aryl methyl sites for hydroxylation is 1. The summed E-state index contributed by atoms with van der Waals surface area (Å²) in [5.74, 6) is 1.64. The van der Waals surface area contributed by atoms with Crippen LogP contribution in [0.3, 0.4) is 0 Å². The number of aromatic nitrogens is 3. The van der Waals surface area contributed by atoms with Crippen LogP contribution in [-0.2, 0) is 10.5 Å². The SMILES string of the molecule is Cc1cnc(CSc2nc3ccccc3[nH]2)c(C)c1OCC(=O)N(C1CCCCC1)C1CCCCC1. The molecule has 0 radical (unpaired) electrons. The molecular formula is C29H38N4O2S. The molecule has 2 saturated carbocycles. The van der Waals surface area contributed by atoms with Gasteiger partial charge in [0.15, 0.2) is 11.8 Å². The van der Waals surface area contributed by atoms with E-state index in [1.807, 2.05) is 44.3 Å². The van der Waals surface area contributed by atoms with E-state index in [0.717, 1.165) is 64.4 Å². The number of nitrogens with one attached hydrogen (secondary N) is 1. The normalized spacial score (nSPS) is 17.4. The molecule has 0 bridgehead atoms. The molecular weight excluding hydrogens is 468 g/mol. The van der Waals surface area contributed by atoms with Crippen LogP contribution in [0.5, 0.6) is 5.75 Å². The van der Waals surface area contributed by atoms with Crippen LogP contribution in [0, 0.1) is 13.8 Å². The molecule has 5 rings (SSSR count). The fourth-order valence-corrected chi connectivity index (χ4v) is 6.80. The summed E-state index contributed by atoms with van der Waals surface area (Å²) < 4.78 is 6.27. The van der Waals surface area contributed by atoms with Gasteiger partial charge in [0.1, 0.15) is 5.75 Å². The second kappa shape index (κ2) is 11.7. The standard InChI is InChI=1S/C29H38N4O2S/c1-20-17-30-26(19-36-29-31-24-15-9-10-16-25(24)32-29)21(2)28(20)35-18-27(34)33(22-11-5-3-6-12-22)23-13-7-4-8-14-23/h9-10,15-17,22-23H,3-8,11-14,18-19H2,1-2H3,(H,31,32). The van der Waals surface area contributed by atoms with Gasteiger partial charge in [-0.05, 0) is 51.7 Å². The summed E-state index contributed by atoms with van der Waals surface area (Å²) in [6.07, 6.45) is 13.9. The molecule has 1 aromatic carbocycles. The monoisotopic (exact) mass is 506 g/mol. The number of pyridine rings is 1. The number of amides is 1. The smallest absolute Gasteiger partial charge is 0.261 e. The van der Waals surface area contributed by atoms with Gasteiger partial charge >= 0.3 is 0 Å². The summed E-state index contributed by atoms with van der Waals surface area (Å²) in [4.78, 5) is 28.5. The molecule has 3 aromatic rings. The summed E-state index contributed by atoms with van der Waals surface area (Å²) in [5, 5.41) is 0.881. The quantitative estimate of drug-likeness (QED) is 0.343. The van der Waals surface area contributed by atoms with E-state index in [9.17, 15) is 4.79 Å². The average molecular weight is 507 g/mol. The lowest BCUT2D eigenvalue weighted by Crippen LogP contribution is -2.50. The Kier molecular flexibility index (Phi) is 8.15. The third-order valence-corrected chi connectivity index (χ3v) is 8.71. The van der Waals surface area contributed by atoms with Crippen LogP contribution in [0.4, 0.5) is 0 Å². The van der Waals surface area contributed by atoms with Crippen molar-refractivity contribution in [3.8, 4) is 5.75 Å². The fraction of sp³-hybridized carbons (Fsp3) is 0.552. The van der Waals surface area contributed by atoms with Crippen molar-refractivity contribution in [2.75, 3.05) is 6.61 Å². The predicted octanol–water partition coefficient (Wildman–Crippen LogP) is 6.74. The summed E-state index contributed by atoms with van der Waals surface area (Å²) in [6.45, 7) is 4.17. The maximum Gasteiger partial charge on any atom is 0.261 e. The lowest BCUT2D eigenvalue weighted by atomic mass is 9.88. The van der Waals surface area contributed by atoms with Crippen molar-refractivity contribution in [3.63, 3.8) is 0 Å². The molecule has 2 aliphatic rings. The number of nitrogens with zero attached hydrogens (tertiary/aromatic N) is 3. The number of rotatable bonds is 8. The van der Waals surface area contributed by atoms with Crippen LogP contribution in [0.1, 0.15) is 81.0 Å². The minimum atomic E-state index is 0.106. The molecule has 0 aliphatic heterocycles. The van der Waals surface area contributed by atoms with Crippen LogP contribution in [0.25, 0.3) is 11.0 Å². The van der Waals surface area contributed by atoms with Gasteiger partial charge in [-0.25, -0.2) is 4.98 Å². The number of benzene rings is 1. The highest BCUT2D eigenvalue weighted by Gasteiger charge is 2.32. The van der Waals surface area contributed by atoms with Gasteiger partial charge in [-0.1, -0.05) is 62.4 Å². The first-order valence-electron chi connectivity index (χ1n) is 13.6. The molecule has 0 unspecified atom stereocenters. The molecule has 2 heterocycles. The number of carbonyl (C=O) groups excluding carboxylic acids is 1. The van der Waals surface area contributed by atoms with E-state index in [1.165, 1.54) is 38.5 Å². The van der Waals surface area contributed by atoms with E-state index in [-0.39, 0.29) is 12.5 Å². The summed E-state index contributed by atoms with van der Waals surface area (Å²) >= 11 is 1.63. The number of carbonyl (C=O) groups is 1. The maximum absolute atomic E-state index is 13.6. The van der Waals surface area contributed by atoms with E-state index in [4.69, 9.17) is 4.74 Å². The molecule has 0 spiro atoms. The zero-order chi connectivity index (χ0) is 24.9. The first kappa shape index (κ1) is 25.1. The minimum absolute atomic E-state index is 0.106. The topological polar surface area (TPSA) is 71.1 Å². The summed E-state index contributed by atoms with van der Waals surface area (Å²) in [7, 11) is 0. The van der Waals surface area contributed by atoms with Crippen molar-refractivity contribution >= 4 is 28.7 Å². The summed E-state index contributed by atoms with van der Waals surface area (Å²) in [6, 6.07) is 8.82. The molecule has 6 nitrogen and oxygen atoms in total. The molecule has 2 aliphatic carbocycles. The van der Waals surface area contributed by atoms with Crippen molar-refractivity contribution in [1.82, 2.24) is 19.9 Å². The number of imidazole rings is 1. The number of hydrogen-bond acceptors (Lipinski definition) is 5. The second-order valence-electron chi connectivity index (χ2n) is 10.4. The number of aromatic amines is 1. The zero-order valence-electron chi connectivity index (χ0n) is 21.6. The molecule has 2 aromatic heterocycles. The second-order valence-corrected chi connectivity index (χ2v) is 11.3. The molecule has 0 saturated heterocycles. The number of fused-ring (bicyclic) bond motifs is 1. The van der Waals surface area contributed by atoms with Gasteiger partial charge in [0.25, 0.3) is 5.91 Å². The maximum atomic E-state index is 13.6. The van der Waals surface area contributed by atoms with E-state index < -0.39 is 0 Å². The van der Waals surface area contributed by atoms with Crippen molar-refractivity contribution in [2.24, 2.45) is 0 Å². The van der Waals surface area contributed by atoms with Gasteiger partial charge in [-0.2, -0.15) is 0 Å². The van der Waals surface area contributed by atoms with Crippen molar-refractivity contribution < 1.29 is 9.53 Å². The van der Waals surface area contributed by atoms with Crippen LogP contribution >= 0.6 is 11.8 Å². The number of ether oxygens (including phenoxy) is 1. The molecule has 1 amide bonds. The summed E-state index contributed by atoms with van der Waals surface area (Å²) in [5.41, 5.74) is 4.95. The van der Waals surface area contributed by atoms with Crippen molar-refractivity contribution in [3.05, 3.63) is 47.3 Å². The van der Waals surface area contributed by atoms with Gasteiger partial charge in [-0.3, -0.25) is 9.78 Å². The van der Waals surface area contributed by atoms with Gasteiger partial charge in [0.05, 0.1) is 16.7 Å². The molecule has 192 valence electrons. The Morgan fingerprint density at radius 1 is 1.03 bits per heavy atom. The highest BCUT2D eigenvalue weighted by atomic mass is 32.2. The van der Waals surface area contributed by atoms with E-state index in [0.29, 0.717) is 17.8 Å². The van der Waals surface area contributed by atoms with E-state index in [2.05, 4.69) is 19.9 Å². The number of hydrogen-bond donors (Lipinski definition) is 1. The van der Waals surface area contributed by atoms with Gasteiger partial charge in [0, 0.05) is 35.2 Å². The Balaban J connectivity index is 1.26. The van der Waals surface area contributed by atoms with E-state index >= 15 is 0 Å². The highest BCUT2D eigenvalue weighted by Crippen LogP contribution is 2.32. The largest absolute Gasteiger partial charge is 0.483 e. The third-order valence-electron chi connectivity index (χ3n) is 7.82. The van der Waals surface area contributed by atoms with Crippen LogP contribution < -0.4 is 4.74 Å². The van der Waals surface area contributed by atoms with Gasteiger partial charge < -0.3 is 14.6 Å². The van der Waals surface area contributed by atoms with Gasteiger partial charge in [0.2, 0.25) is 0 Å². The predicted molar refractivity (Wildman–Crippen MR) is 145 cm³/mol. The first-order valence-corrected chi connectivity index (χ1v) is 14.6. The molecule has 2 fully saturated rings. The van der Waals surface area contributed by atoms with Crippen LogP contribution in [0.2, 0.25) is 0 Å². The number of thioether (sulfide) groups is 1. The molecule has 1 N–H and O–H groups in total. The zero-order valence-corrected chi connectivity index (χ0v) is 22.4. The molecule has 0 atom stereocenters. The Morgan fingerprint density at radius 2 is 1.69 bits per heavy atom. The van der Waals surface area contributed by atoms with Crippen molar-refractivity contribution in [2.45, 2.75) is 101 Å². The number of H-pyrrole nitrogens is 1. The Labute approximate surface area is 218 Å². The molecule has 36 heavy (non-hydrogen) atoms. The Bertz CT molecular complexity index is 1130. The van der Waals surface area contributed by atoms with Gasteiger partial charge in [-0.15, -0.1) is 0 Å². The molecule has 7 heteroatoms. The van der Waals surface area contributed by atoms with Crippen LogP contribution in [0.15, 0.2) is 35.6 Å². The average Bonchev–Trinajstić information content (AvgIpc) is 3.33. The van der Waals surface area contributed by atoms with E-state index in [1.54, 1.807) is 11.8 Å². The Hall–Kier alpha value is -2.54. The lowest BCUT2D eigenvalue weighted by Gasteiger charge is -2.41. The lowest BCUT2D eigenvalue weighted by molar-refractivity contribution is -0.140. The fourth-order valence-electron chi connectivity index (χ4n) is 5.89. The minimum Gasteiger partial charge on any atom is -0.483 e. The third kappa shape index (κ3) is 5.72. The Morgan fingerprint density at radius 3 is 2.36 bits per heavy atom.